The van der Waals surface area contributed by atoms with E-state index in [2.05, 4.69) is 5.32 Å². The zero-order chi connectivity index (χ0) is 20.4. The first kappa shape index (κ1) is 22.5. The highest BCUT2D eigenvalue weighted by atomic mass is 32.2. The minimum Gasteiger partial charge on any atom is -0.480 e. The Morgan fingerprint density at radius 1 is 1.32 bits per heavy atom. The van der Waals surface area contributed by atoms with Gasteiger partial charge in [0.2, 0.25) is 0 Å². The van der Waals surface area contributed by atoms with Crippen LogP contribution in [0.15, 0.2) is 30.3 Å². The van der Waals surface area contributed by atoms with Gasteiger partial charge in [-0.1, -0.05) is 30.3 Å². The summed E-state index contributed by atoms with van der Waals surface area (Å²) < 4.78 is 17.3. The highest BCUT2D eigenvalue weighted by Crippen LogP contribution is 2.11. The van der Waals surface area contributed by atoms with Crippen molar-refractivity contribution in [3.8, 4) is 0 Å². The molecule has 7 nitrogen and oxygen atoms in total. The van der Waals surface area contributed by atoms with Crippen molar-refractivity contribution in [2.75, 3.05) is 37.7 Å². The number of hydrogen-bond donors (Lipinski definition) is 2. The van der Waals surface area contributed by atoms with E-state index < -0.39 is 22.8 Å². The van der Waals surface area contributed by atoms with Crippen molar-refractivity contribution in [1.29, 1.82) is 0 Å². The Kier molecular flexibility index (Phi) is 9.60. The van der Waals surface area contributed by atoms with E-state index in [0.29, 0.717) is 44.0 Å². The third-order valence-electron chi connectivity index (χ3n) is 4.74. The van der Waals surface area contributed by atoms with Crippen LogP contribution in [0, 0.1) is 0 Å². The van der Waals surface area contributed by atoms with Crippen molar-refractivity contribution in [2.24, 2.45) is 0 Å². The van der Waals surface area contributed by atoms with Crippen LogP contribution in [-0.2, 0) is 31.5 Å². The second kappa shape index (κ2) is 11.9. The molecule has 28 heavy (non-hydrogen) atoms. The molecule has 156 valence electrons. The first-order valence-electron chi connectivity index (χ1n) is 9.73. The first-order valence-corrected chi connectivity index (χ1v) is 11.2. The van der Waals surface area contributed by atoms with Gasteiger partial charge in [0.25, 0.3) is 0 Å². The predicted octanol–water partition coefficient (Wildman–Crippen LogP) is 1.05. The molecule has 0 aromatic heterocycles. The third kappa shape index (κ3) is 8.08. The molecule has 2 N–H and O–H groups in total. The van der Waals surface area contributed by atoms with Crippen molar-refractivity contribution in [1.82, 2.24) is 10.2 Å². The topological polar surface area (TPSA) is 95.9 Å². The Balaban J connectivity index is 2.04. The highest BCUT2D eigenvalue weighted by molar-refractivity contribution is 7.85. The van der Waals surface area contributed by atoms with Crippen molar-refractivity contribution in [3.05, 3.63) is 35.9 Å². The van der Waals surface area contributed by atoms with Crippen LogP contribution in [-0.4, -0.2) is 76.0 Å². The van der Waals surface area contributed by atoms with Crippen LogP contribution in [0.2, 0.25) is 0 Å². The first-order chi connectivity index (χ1) is 13.5. The molecule has 3 unspecified atom stereocenters. The Morgan fingerprint density at radius 2 is 2.07 bits per heavy atom. The van der Waals surface area contributed by atoms with Gasteiger partial charge in [-0.25, -0.2) is 0 Å². The van der Waals surface area contributed by atoms with Crippen molar-refractivity contribution < 1.29 is 23.6 Å². The monoisotopic (exact) mass is 410 g/mol. The van der Waals surface area contributed by atoms with E-state index in [4.69, 9.17) is 9.84 Å². The summed E-state index contributed by atoms with van der Waals surface area (Å²) >= 11 is 0. The summed E-state index contributed by atoms with van der Waals surface area (Å²) in [5.74, 6) is -0.176. The number of carbonyl (C=O) groups is 2. The maximum atomic E-state index is 12.5. The molecule has 1 saturated heterocycles. The molecular weight excluding hydrogens is 380 g/mol. The lowest BCUT2D eigenvalue weighted by Gasteiger charge is -2.31. The zero-order valence-corrected chi connectivity index (χ0v) is 17.2. The minimum absolute atomic E-state index is 0.0938. The van der Waals surface area contributed by atoms with Crippen LogP contribution in [0.3, 0.4) is 0 Å². The number of nitrogens with zero attached hydrogens (tertiary/aromatic N) is 1. The van der Waals surface area contributed by atoms with Crippen LogP contribution < -0.4 is 5.32 Å². The lowest BCUT2D eigenvalue weighted by atomic mass is 10.0. The van der Waals surface area contributed by atoms with Crippen molar-refractivity contribution in [2.45, 2.75) is 38.3 Å². The van der Waals surface area contributed by atoms with E-state index in [9.17, 15) is 13.8 Å². The van der Waals surface area contributed by atoms with Crippen LogP contribution in [0.1, 0.15) is 25.3 Å². The lowest BCUT2D eigenvalue weighted by molar-refractivity contribution is -0.146. The number of esters is 1. The third-order valence-corrected chi connectivity index (χ3v) is 6.07. The van der Waals surface area contributed by atoms with Crippen molar-refractivity contribution >= 4 is 22.7 Å². The van der Waals surface area contributed by atoms with E-state index in [-0.39, 0.29) is 18.6 Å². The van der Waals surface area contributed by atoms with E-state index in [0.717, 1.165) is 12.0 Å². The lowest BCUT2D eigenvalue weighted by Crippen LogP contribution is -2.52. The molecule has 1 aliphatic heterocycles. The largest absolute Gasteiger partial charge is 0.480 e. The Labute approximate surface area is 168 Å². The average molecular weight is 411 g/mol. The maximum absolute atomic E-state index is 12.5. The minimum atomic E-state index is -0.978. The number of aryl methyl sites for hydroxylation is 1. The fourth-order valence-corrected chi connectivity index (χ4v) is 4.54. The summed E-state index contributed by atoms with van der Waals surface area (Å²) in [6.07, 6.45) is 1.94. The number of ether oxygens (including phenoxy) is 1. The molecule has 0 radical (unpaired) electrons. The summed E-state index contributed by atoms with van der Waals surface area (Å²) in [6.45, 7) is 2.97. The smallest absolute Gasteiger partial charge is 0.323 e. The Bertz CT molecular complexity index is 655. The molecule has 1 aromatic rings. The van der Waals surface area contributed by atoms with Gasteiger partial charge in [0.05, 0.1) is 13.2 Å². The van der Waals surface area contributed by atoms with E-state index in [1.807, 2.05) is 30.3 Å². The molecular formula is C20H30N2O5S. The van der Waals surface area contributed by atoms with Gasteiger partial charge in [-0.15, -0.1) is 0 Å². The fraction of sp³-hybridized carbons (Fsp3) is 0.600. The Morgan fingerprint density at radius 3 is 2.75 bits per heavy atom. The van der Waals surface area contributed by atoms with Gasteiger partial charge in [-0.2, -0.15) is 0 Å². The second-order valence-corrected chi connectivity index (χ2v) is 8.65. The summed E-state index contributed by atoms with van der Waals surface area (Å²) in [6, 6.07) is 9.34. The molecule has 0 saturated carbocycles. The second-order valence-electron chi connectivity index (χ2n) is 6.96. The number of hydrogen-bond acceptors (Lipinski definition) is 6. The fourth-order valence-electron chi connectivity index (χ4n) is 3.32. The molecule has 0 bridgehead atoms. The molecule has 1 fully saturated rings. The van der Waals surface area contributed by atoms with Gasteiger partial charge in [0.15, 0.2) is 0 Å². The van der Waals surface area contributed by atoms with Gasteiger partial charge in [-0.05, 0) is 31.7 Å². The number of carboxylic acid groups (broad SMARTS) is 1. The maximum Gasteiger partial charge on any atom is 0.323 e. The molecule has 8 heteroatoms. The van der Waals surface area contributed by atoms with Crippen molar-refractivity contribution in [3.63, 3.8) is 0 Å². The molecule has 0 spiro atoms. The normalized spacial score (nSPS) is 22.0. The Hall–Kier alpha value is -1.77. The predicted molar refractivity (Wildman–Crippen MR) is 109 cm³/mol. The van der Waals surface area contributed by atoms with Gasteiger partial charge < -0.3 is 15.2 Å². The molecule has 0 aliphatic carbocycles. The van der Waals surface area contributed by atoms with Crippen LogP contribution in [0.4, 0.5) is 0 Å². The molecule has 1 aliphatic rings. The van der Waals surface area contributed by atoms with Gasteiger partial charge in [-0.3, -0.25) is 18.7 Å². The molecule has 0 amide bonds. The number of benzene rings is 1. The van der Waals surface area contributed by atoms with E-state index >= 15 is 0 Å². The van der Waals surface area contributed by atoms with Gasteiger partial charge >= 0.3 is 11.9 Å². The highest BCUT2D eigenvalue weighted by Gasteiger charge is 2.27. The molecule has 3 atom stereocenters. The van der Waals surface area contributed by atoms with Crippen LogP contribution in [0.5, 0.6) is 0 Å². The summed E-state index contributed by atoms with van der Waals surface area (Å²) in [5.41, 5.74) is 1.14. The molecule has 2 rings (SSSR count). The van der Waals surface area contributed by atoms with Crippen LogP contribution >= 0.6 is 0 Å². The average Bonchev–Trinajstić information content (AvgIpc) is 2.66. The quantitative estimate of drug-likeness (QED) is 0.588. The van der Waals surface area contributed by atoms with Gasteiger partial charge in [0.1, 0.15) is 6.04 Å². The molecule has 1 heterocycles. The van der Waals surface area contributed by atoms with Gasteiger partial charge in [0, 0.05) is 41.4 Å². The zero-order valence-electron chi connectivity index (χ0n) is 16.3. The number of aliphatic carboxylic acids is 1. The summed E-state index contributed by atoms with van der Waals surface area (Å²) in [4.78, 5) is 25.4. The number of nitrogens with one attached hydrogen (secondary N) is 1. The van der Waals surface area contributed by atoms with E-state index in [1.54, 1.807) is 11.8 Å². The SMILES string of the molecule is CCOC(=O)C(CCc1ccccc1)NC1CCS(=O)CCN(CC(=O)O)C1. The number of carboxylic acids is 1. The molecule has 1 aromatic carbocycles. The summed E-state index contributed by atoms with van der Waals surface area (Å²) in [5, 5.41) is 12.5. The summed E-state index contributed by atoms with van der Waals surface area (Å²) in [7, 11) is -0.978. The van der Waals surface area contributed by atoms with Crippen LogP contribution in [0.25, 0.3) is 0 Å². The standard InChI is InChI=1S/C20H30N2O5S/c1-2-27-20(25)18(9-8-16-6-4-3-5-7-16)21-17-10-12-28(26)13-11-22(14-17)15-19(23)24/h3-7,17-18,21H,2,8-15H2,1H3,(H,23,24). The number of rotatable bonds is 9. The van der Waals surface area contributed by atoms with E-state index in [1.165, 1.54) is 0 Å². The number of carbonyl (C=O) groups excluding carboxylic acids is 1.